The minimum absolute atomic E-state index is 0.0283. The molecule has 0 spiro atoms. The maximum Gasteiger partial charge on any atom is 0.393 e. The van der Waals surface area contributed by atoms with Crippen molar-refractivity contribution in [2.45, 2.75) is 19.0 Å². The zero-order valence-electron chi connectivity index (χ0n) is 17.7. The molecule has 0 aliphatic carbocycles. The van der Waals surface area contributed by atoms with Gasteiger partial charge in [0, 0.05) is 44.3 Å². The number of anilines is 2. The Labute approximate surface area is 186 Å². The average molecular weight is 462 g/mol. The number of halogens is 3. The van der Waals surface area contributed by atoms with E-state index in [0.717, 1.165) is 5.69 Å². The van der Waals surface area contributed by atoms with Crippen molar-refractivity contribution in [3.05, 3.63) is 46.6 Å². The number of pyridine rings is 2. The Hall–Kier alpha value is -3.57. The third-order valence-electron chi connectivity index (χ3n) is 6.04. The van der Waals surface area contributed by atoms with Crippen molar-refractivity contribution in [1.82, 2.24) is 24.1 Å². The van der Waals surface area contributed by atoms with E-state index in [1.165, 1.54) is 26.2 Å². The van der Waals surface area contributed by atoms with Crippen LogP contribution in [0.25, 0.3) is 5.65 Å². The lowest BCUT2D eigenvalue weighted by molar-refractivity contribution is -0.184. The van der Waals surface area contributed by atoms with Gasteiger partial charge in [0.05, 0.1) is 18.0 Å². The highest BCUT2D eigenvalue weighted by atomic mass is 19.4. The van der Waals surface area contributed by atoms with Crippen molar-refractivity contribution >= 4 is 23.1 Å². The zero-order chi connectivity index (χ0) is 23.3. The number of fused-ring (bicyclic) bond motifs is 2. The van der Waals surface area contributed by atoms with Crippen LogP contribution in [0.3, 0.4) is 0 Å². The Bertz CT molecular complexity index is 1280. The third kappa shape index (κ3) is 3.79. The van der Waals surface area contributed by atoms with Crippen LogP contribution in [0.5, 0.6) is 5.75 Å². The maximum absolute atomic E-state index is 13.1. The van der Waals surface area contributed by atoms with Crippen molar-refractivity contribution in [3.8, 4) is 5.75 Å². The summed E-state index contributed by atoms with van der Waals surface area (Å²) in [5, 5.41) is 4.20. The molecule has 1 fully saturated rings. The lowest BCUT2D eigenvalue weighted by Gasteiger charge is -2.34. The topological polar surface area (TPSA) is 85.0 Å². The number of carbonyl (C=O) groups excluding carboxylic acids is 1. The van der Waals surface area contributed by atoms with Gasteiger partial charge in [0.15, 0.2) is 17.2 Å². The molecule has 0 unspecified atom stereocenters. The van der Waals surface area contributed by atoms with E-state index >= 15 is 0 Å². The van der Waals surface area contributed by atoms with Gasteiger partial charge in [0.1, 0.15) is 6.61 Å². The van der Waals surface area contributed by atoms with Gasteiger partial charge < -0.3 is 14.5 Å². The second kappa shape index (κ2) is 7.78. The Morgan fingerprint density at radius 1 is 1.24 bits per heavy atom. The van der Waals surface area contributed by atoms with E-state index in [1.54, 1.807) is 25.4 Å². The summed E-state index contributed by atoms with van der Waals surface area (Å²) in [4.78, 5) is 32.5. The predicted molar refractivity (Wildman–Crippen MR) is 112 cm³/mol. The Morgan fingerprint density at radius 3 is 2.85 bits per heavy atom. The van der Waals surface area contributed by atoms with E-state index in [-0.39, 0.29) is 30.8 Å². The molecule has 2 aliphatic heterocycles. The van der Waals surface area contributed by atoms with Gasteiger partial charge in [0.25, 0.3) is 5.91 Å². The van der Waals surface area contributed by atoms with Crippen molar-refractivity contribution < 1.29 is 22.7 Å². The number of hydrogen-bond donors (Lipinski definition) is 0. The number of rotatable bonds is 2. The van der Waals surface area contributed by atoms with E-state index in [2.05, 4.69) is 10.1 Å². The molecule has 5 heterocycles. The summed E-state index contributed by atoms with van der Waals surface area (Å²) in [7, 11) is 1.57. The van der Waals surface area contributed by atoms with Crippen molar-refractivity contribution in [3.63, 3.8) is 0 Å². The first-order valence-electron chi connectivity index (χ1n) is 10.5. The molecule has 174 valence electrons. The number of amides is 1. The number of nitrogens with zero attached hydrogens (tertiary/aromatic N) is 6. The van der Waals surface area contributed by atoms with E-state index in [4.69, 9.17) is 4.74 Å². The molecule has 0 aromatic carbocycles. The highest BCUT2D eigenvalue weighted by Crippen LogP contribution is 2.37. The minimum atomic E-state index is -4.32. The van der Waals surface area contributed by atoms with E-state index in [9.17, 15) is 22.8 Å². The van der Waals surface area contributed by atoms with Crippen LogP contribution in [-0.2, 0) is 7.05 Å². The highest BCUT2D eigenvalue weighted by molar-refractivity contribution is 5.95. The quantitative estimate of drug-likeness (QED) is 0.582. The van der Waals surface area contributed by atoms with E-state index < -0.39 is 18.0 Å². The lowest BCUT2D eigenvalue weighted by atomic mass is 9.97. The number of aromatic nitrogens is 4. The molecule has 33 heavy (non-hydrogen) atoms. The number of ether oxygens (including phenoxy) is 1. The molecule has 9 nitrogen and oxygen atoms in total. The van der Waals surface area contributed by atoms with Crippen LogP contribution < -0.4 is 15.3 Å². The normalized spacial score (nSPS) is 18.8. The van der Waals surface area contributed by atoms with Crippen LogP contribution in [0.2, 0.25) is 0 Å². The molecular formula is C21H21F3N6O3. The zero-order valence-corrected chi connectivity index (χ0v) is 17.7. The number of alkyl halides is 3. The van der Waals surface area contributed by atoms with Gasteiger partial charge in [-0.15, -0.1) is 0 Å². The fraction of sp³-hybridized carbons (Fsp3) is 0.429. The Kier molecular flexibility index (Phi) is 5.02. The summed E-state index contributed by atoms with van der Waals surface area (Å²) in [6, 6.07) is 5.04. The lowest BCUT2D eigenvalue weighted by Crippen LogP contribution is -2.44. The van der Waals surface area contributed by atoms with Gasteiger partial charge in [-0.05, 0) is 25.0 Å². The van der Waals surface area contributed by atoms with E-state index in [0.29, 0.717) is 36.8 Å². The molecule has 0 radical (unpaired) electrons. The first-order valence-corrected chi connectivity index (χ1v) is 10.5. The highest BCUT2D eigenvalue weighted by Gasteiger charge is 2.43. The molecular weight excluding hydrogens is 441 g/mol. The Balaban J connectivity index is 1.42. The molecule has 1 amide bonds. The van der Waals surface area contributed by atoms with Gasteiger partial charge in [-0.3, -0.25) is 9.20 Å². The van der Waals surface area contributed by atoms with Gasteiger partial charge in [0.2, 0.25) is 0 Å². The van der Waals surface area contributed by atoms with Gasteiger partial charge in [-0.1, -0.05) is 0 Å². The summed E-state index contributed by atoms with van der Waals surface area (Å²) >= 11 is 0. The first-order chi connectivity index (χ1) is 15.7. The predicted octanol–water partition coefficient (Wildman–Crippen LogP) is 2.37. The fourth-order valence-corrected chi connectivity index (χ4v) is 4.32. The number of piperidine rings is 1. The minimum Gasteiger partial charge on any atom is -0.488 e. The average Bonchev–Trinajstić information content (AvgIpc) is 3.10. The SMILES string of the molecule is Cn1nc2cc(N3CCOc4cc(C(=O)N5CCC[C@H](C(F)(F)F)C5)cnc43)ccn2c1=O. The molecule has 3 aromatic rings. The number of aryl methyl sites for hydroxylation is 1. The molecule has 3 aromatic heterocycles. The molecule has 2 aliphatic rings. The van der Waals surface area contributed by atoms with Crippen LogP contribution in [-0.4, -0.2) is 62.4 Å². The summed E-state index contributed by atoms with van der Waals surface area (Å²) in [6.07, 6.45) is -1.00. The first kappa shape index (κ1) is 21.3. The summed E-state index contributed by atoms with van der Waals surface area (Å²) in [6.45, 7) is 0.737. The van der Waals surface area contributed by atoms with Gasteiger partial charge in [-0.2, -0.15) is 18.3 Å². The standard InChI is InChI=1S/C21H21F3N6O3/c1-27-20(32)30-6-4-15(10-17(30)26-27)29-7-8-33-16-9-13(11-25-18(16)29)19(31)28-5-2-3-14(12-28)21(22,23)24/h4,6,9-11,14H,2-3,5,7-8,12H2,1H3/t14-/m0/s1. The van der Waals surface area contributed by atoms with Crippen LogP contribution >= 0.6 is 0 Å². The second-order valence-corrected chi connectivity index (χ2v) is 8.20. The largest absolute Gasteiger partial charge is 0.488 e. The third-order valence-corrected chi connectivity index (χ3v) is 6.04. The number of likely N-dealkylation sites (tertiary alicyclic amines) is 1. The van der Waals surface area contributed by atoms with Crippen LogP contribution in [0.15, 0.2) is 35.4 Å². The summed E-state index contributed by atoms with van der Waals surface area (Å²) in [5.41, 5.74) is 1.15. The molecule has 0 bridgehead atoms. The summed E-state index contributed by atoms with van der Waals surface area (Å²) < 4.78 is 47.8. The maximum atomic E-state index is 13.1. The second-order valence-electron chi connectivity index (χ2n) is 8.20. The van der Waals surface area contributed by atoms with Gasteiger partial charge in [-0.25, -0.2) is 14.5 Å². The monoisotopic (exact) mass is 462 g/mol. The number of hydrogen-bond acceptors (Lipinski definition) is 6. The molecule has 0 saturated carbocycles. The van der Waals surface area contributed by atoms with Crippen molar-refractivity contribution in [1.29, 1.82) is 0 Å². The molecule has 1 atom stereocenters. The van der Waals surface area contributed by atoms with Crippen LogP contribution in [0.1, 0.15) is 23.2 Å². The summed E-state index contributed by atoms with van der Waals surface area (Å²) in [5.74, 6) is -1.15. The van der Waals surface area contributed by atoms with Crippen LogP contribution in [0.4, 0.5) is 24.7 Å². The Morgan fingerprint density at radius 2 is 2.06 bits per heavy atom. The number of carbonyl (C=O) groups is 1. The fourth-order valence-electron chi connectivity index (χ4n) is 4.32. The smallest absolute Gasteiger partial charge is 0.393 e. The van der Waals surface area contributed by atoms with Crippen molar-refractivity contribution in [2.75, 3.05) is 31.1 Å². The van der Waals surface area contributed by atoms with Crippen molar-refractivity contribution in [2.24, 2.45) is 13.0 Å². The molecule has 5 rings (SSSR count). The molecule has 1 saturated heterocycles. The van der Waals surface area contributed by atoms with Crippen LogP contribution in [0, 0.1) is 5.92 Å². The molecule has 12 heteroatoms. The van der Waals surface area contributed by atoms with E-state index in [1.807, 2.05) is 4.90 Å². The molecule has 0 N–H and O–H groups in total. The van der Waals surface area contributed by atoms with Gasteiger partial charge >= 0.3 is 11.9 Å².